The van der Waals surface area contributed by atoms with Crippen LogP contribution in [0.3, 0.4) is 0 Å². The number of benzene rings is 1. The molecular formula is C24H34ClFN4OS. The van der Waals surface area contributed by atoms with Crippen LogP contribution in [0.4, 0.5) is 10.1 Å². The third-order valence-corrected chi connectivity index (χ3v) is 5.14. The Morgan fingerprint density at radius 2 is 1.91 bits per heavy atom. The van der Waals surface area contributed by atoms with E-state index in [4.69, 9.17) is 17.3 Å². The van der Waals surface area contributed by atoms with Gasteiger partial charge in [-0.05, 0) is 50.1 Å². The maximum absolute atomic E-state index is 14.5. The number of amides is 1. The summed E-state index contributed by atoms with van der Waals surface area (Å²) in [4.78, 5) is 21.0. The van der Waals surface area contributed by atoms with Crippen molar-refractivity contribution in [3.05, 3.63) is 58.1 Å². The summed E-state index contributed by atoms with van der Waals surface area (Å²) in [6.07, 6.45) is 5.46. The van der Waals surface area contributed by atoms with Crippen molar-refractivity contribution >= 4 is 41.7 Å². The van der Waals surface area contributed by atoms with Gasteiger partial charge in [0.15, 0.2) is 0 Å². The lowest BCUT2D eigenvalue weighted by atomic mass is 10.0. The van der Waals surface area contributed by atoms with E-state index in [1.807, 2.05) is 6.92 Å². The van der Waals surface area contributed by atoms with E-state index >= 15 is 0 Å². The van der Waals surface area contributed by atoms with Gasteiger partial charge in [0.2, 0.25) is 0 Å². The molecular weight excluding hydrogens is 447 g/mol. The van der Waals surface area contributed by atoms with E-state index in [2.05, 4.69) is 41.8 Å². The fraction of sp³-hybridized carbons (Fsp3) is 0.458. The summed E-state index contributed by atoms with van der Waals surface area (Å²) in [5, 5.41) is 2.97. The molecule has 0 radical (unpaired) electrons. The SMILES string of the molecule is CCCC.CCCC(N=C(N)C(C)S)c1cc(NC(=O)c2ncc(Cl)cc2C)ccc1F. The molecule has 176 valence electrons. The van der Waals surface area contributed by atoms with Gasteiger partial charge >= 0.3 is 0 Å². The van der Waals surface area contributed by atoms with Gasteiger partial charge in [0.25, 0.3) is 5.91 Å². The van der Waals surface area contributed by atoms with Crippen LogP contribution < -0.4 is 11.1 Å². The second kappa shape index (κ2) is 14.1. The third-order valence-electron chi connectivity index (χ3n) is 4.67. The monoisotopic (exact) mass is 480 g/mol. The van der Waals surface area contributed by atoms with Crippen LogP contribution in [0.2, 0.25) is 5.02 Å². The Morgan fingerprint density at radius 1 is 1.25 bits per heavy atom. The summed E-state index contributed by atoms with van der Waals surface area (Å²) in [5.41, 5.74) is 7.65. The molecule has 0 saturated heterocycles. The van der Waals surface area contributed by atoms with E-state index in [0.717, 1.165) is 6.42 Å². The maximum atomic E-state index is 14.5. The van der Waals surface area contributed by atoms with Gasteiger partial charge in [0.1, 0.15) is 17.3 Å². The first-order valence-corrected chi connectivity index (χ1v) is 11.8. The number of aromatic nitrogens is 1. The van der Waals surface area contributed by atoms with Crippen LogP contribution in [-0.4, -0.2) is 22.0 Å². The second-order valence-corrected chi connectivity index (χ2v) is 8.75. The summed E-state index contributed by atoms with van der Waals surface area (Å²) < 4.78 is 14.5. The molecule has 0 aliphatic rings. The van der Waals surface area contributed by atoms with Crippen molar-refractivity contribution in [1.82, 2.24) is 4.98 Å². The lowest BCUT2D eigenvalue weighted by molar-refractivity contribution is 0.102. The molecule has 0 aliphatic heterocycles. The van der Waals surface area contributed by atoms with Crippen molar-refractivity contribution in [3.63, 3.8) is 0 Å². The smallest absolute Gasteiger partial charge is 0.274 e. The van der Waals surface area contributed by atoms with E-state index < -0.39 is 17.8 Å². The molecule has 8 heteroatoms. The van der Waals surface area contributed by atoms with Crippen molar-refractivity contribution in [2.24, 2.45) is 10.7 Å². The van der Waals surface area contributed by atoms with Gasteiger partial charge in [-0.1, -0.05) is 51.6 Å². The zero-order chi connectivity index (χ0) is 24.3. The van der Waals surface area contributed by atoms with Crippen molar-refractivity contribution in [2.45, 2.75) is 71.6 Å². The molecule has 1 aromatic carbocycles. The van der Waals surface area contributed by atoms with Crippen molar-refractivity contribution in [2.75, 3.05) is 5.32 Å². The molecule has 1 aromatic heterocycles. The summed E-state index contributed by atoms with van der Waals surface area (Å²) in [7, 11) is 0. The van der Waals surface area contributed by atoms with Gasteiger partial charge in [-0.3, -0.25) is 9.79 Å². The summed E-state index contributed by atoms with van der Waals surface area (Å²) >= 11 is 10.2. The van der Waals surface area contributed by atoms with Crippen LogP contribution in [0, 0.1) is 12.7 Å². The number of carbonyl (C=O) groups is 1. The zero-order valence-corrected chi connectivity index (χ0v) is 21.1. The highest BCUT2D eigenvalue weighted by Gasteiger charge is 2.18. The summed E-state index contributed by atoms with van der Waals surface area (Å²) in [5.74, 6) is -0.456. The van der Waals surface area contributed by atoms with Gasteiger partial charge in [-0.25, -0.2) is 9.37 Å². The number of unbranched alkanes of at least 4 members (excludes halogenated alkanes) is 1. The number of nitrogens with two attached hydrogens (primary N) is 1. The molecule has 1 heterocycles. The fourth-order valence-corrected chi connectivity index (χ4v) is 2.98. The largest absolute Gasteiger partial charge is 0.387 e. The zero-order valence-electron chi connectivity index (χ0n) is 19.5. The van der Waals surface area contributed by atoms with E-state index in [0.29, 0.717) is 34.1 Å². The topological polar surface area (TPSA) is 80.4 Å². The predicted octanol–water partition coefficient (Wildman–Crippen LogP) is 6.76. The Balaban J connectivity index is 0.00000118. The van der Waals surface area contributed by atoms with Crippen molar-refractivity contribution in [1.29, 1.82) is 0 Å². The van der Waals surface area contributed by atoms with Crippen LogP contribution in [0.15, 0.2) is 35.5 Å². The molecule has 2 aromatic rings. The van der Waals surface area contributed by atoms with Crippen LogP contribution in [-0.2, 0) is 0 Å². The van der Waals surface area contributed by atoms with Crippen LogP contribution in [0.25, 0.3) is 0 Å². The van der Waals surface area contributed by atoms with Gasteiger partial charge in [-0.2, -0.15) is 12.6 Å². The number of aliphatic imine (C=N–C) groups is 1. The molecule has 0 saturated carbocycles. The Labute approximate surface area is 201 Å². The average Bonchev–Trinajstić information content (AvgIpc) is 2.74. The van der Waals surface area contributed by atoms with E-state index in [1.54, 1.807) is 26.0 Å². The minimum absolute atomic E-state index is 0.232. The van der Waals surface area contributed by atoms with Crippen LogP contribution in [0.5, 0.6) is 0 Å². The molecule has 5 nitrogen and oxygen atoms in total. The first-order valence-electron chi connectivity index (χ1n) is 10.9. The number of aryl methyl sites for hydroxylation is 1. The number of nitrogens with one attached hydrogen (secondary N) is 1. The number of nitrogens with zero attached hydrogens (tertiary/aromatic N) is 2. The highest BCUT2D eigenvalue weighted by atomic mass is 35.5. The molecule has 0 bridgehead atoms. The number of rotatable bonds is 8. The Bertz CT molecular complexity index is 919. The van der Waals surface area contributed by atoms with E-state index in [-0.39, 0.29) is 10.9 Å². The first kappa shape index (κ1) is 27.9. The Morgan fingerprint density at radius 3 is 2.44 bits per heavy atom. The van der Waals surface area contributed by atoms with E-state index in [1.165, 1.54) is 31.2 Å². The fourth-order valence-electron chi connectivity index (χ4n) is 2.70. The molecule has 2 unspecified atom stereocenters. The number of pyridine rings is 1. The number of carbonyl (C=O) groups excluding carboxylic acids is 1. The highest BCUT2D eigenvalue weighted by Crippen LogP contribution is 2.28. The maximum Gasteiger partial charge on any atom is 0.274 e. The van der Waals surface area contributed by atoms with Crippen molar-refractivity contribution in [3.8, 4) is 0 Å². The highest BCUT2D eigenvalue weighted by molar-refractivity contribution is 7.81. The number of hydrogen-bond acceptors (Lipinski definition) is 4. The second-order valence-electron chi connectivity index (χ2n) is 7.54. The molecule has 3 N–H and O–H groups in total. The molecule has 0 fully saturated rings. The number of amidine groups is 1. The first-order chi connectivity index (χ1) is 15.1. The minimum atomic E-state index is -0.452. The normalized spacial score (nSPS) is 13.1. The molecule has 2 atom stereocenters. The number of anilines is 1. The summed E-state index contributed by atoms with van der Waals surface area (Å²) in [6, 6.07) is 5.60. The average molecular weight is 481 g/mol. The van der Waals surface area contributed by atoms with Crippen molar-refractivity contribution < 1.29 is 9.18 Å². The van der Waals surface area contributed by atoms with Gasteiger partial charge in [-0.15, -0.1) is 0 Å². The lowest BCUT2D eigenvalue weighted by Crippen LogP contribution is -2.23. The lowest BCUT2D eigenvalue weighted by Gasteiger charge is -2.17. The third kappa shape index (κ3) is 8.79. The van der Waals surface area contributed by atoms with Gasteiger partial charge in [0.05, 0.1) is 16.3 Å². The van der Waals surface area contributed by atoms with Crippen LogP contribution >= 0.6 is 24.2 Å². The van der Waals surface area contributed by atoms with Crippen LogP contribution in [0.1, 0.15) is 81.0 Å². The quantitative estimate of drug-likeness (QED) is 0.222. The minimum Gasteiger partial charge on any atom is -0.387 e. The van der Waals surface area contributed by atoms with Gasteiger partial charge in [0, 0.05) is 17.4 Å². The number of halogens is 2. The molecule has 1 amide bonds. The van der Waals surface area contributed by atoms with E-state index in [9.17, 15) is 9.18 Å². The number of hydrogen-bond donors (Lipinski definition) is 3. The number of thiol groups is 1. The predicted molar refractivity (Wildman–Crippen MR) is 137 cm³/mol. The molecule has 2 rings (SSSR count). The molecule has 32 heavy (non-hydrogen) atoms. The van der Waals surface area contributed by atoms with Gasteiger partial charge < -0.3 is 11.1 Å². The molecule has 0 aliphatic carbocycles. The Kier molecular flexibility index (Phi) is 12.3. The summed E-state index contributed by atoms with van der Waals surface area (Å²) in [6.45, 7) is 9.90. The Hall–Kier alpha value is -2.12. The standard InChI is InChI=1S/C20H24ClFN4OS.C4H10/c1-4-5-17(26-19(23)12(3)28)15-9-14(6-7-16(15)22)25-20(27)18-11(2)8-13(21)10-24-18;1-3-4-2/h6-10,12,17,28H,4-5H2,1-3H3,(H2,23,26)(H,25,27);3-4H2,1-2H3. The molecule has 0 spiro atoms.